The van der Waals surface area contributed by atoms with E-state index in [1.165, 1.54) is 0 Å². The molecule has 0 aliphatic rings. The first-order valence-corrected chi connectivity index (χ1v) is 7.48. The maximum absolute atomic E-state index is 5.78. The Bertz CT molecular complexity index is 560. The highest BCUT2D eigenvalue weighted by Gasteiger charge is 2.16. The number of hydrogen-bond donors (Lipinski definition) is 2. The standard InChI is InChI=1S/C16H19BrN2O2/c1-20-10-11-21-15-5-3-2-4-14(15)16(19-18)12-6-8-13(17)9-7-12/h2-9,16,19H,10-11,18H2,1H3. The predicted octanol–water partition coefficient (Wildman–Crippen LogP) is 3.03. The summed E-state index contributed by atoms with van der Waals surface area (Å²) >= 11 is 3.44. The monoisotopic (exact) mass is 350 g/mol. The molecule has 2 aromatic rings. The zero-order valence-electron chi connectivity index (χ0n) is 11.9. The summed E-state index contributed by atoms with van der Waals surface area (Å²) in [5.74, 6) is 6.56. The smallest absolute Gasteiger partial charge is 0.124 e. The van der Waals surface area contributed by atoms with Crippen molar-refractivity contribution in [3.8, 4) is 5.75 Å². The SMILES string of the molecule is COCCOc1ccccc1C(NN)c1ccc(Br)cc1. The number of hydrogen-bond acceptors (Lipinski definition) is 4. The largest absolute Gasteiger partial charge is 0.491 e. The van der Waals surface area contributed by atoms with E-state index < -0.39 is 0 Å². The van der Waals surface area contributed by atoms with Gasteiger partial charge in [0.1, 0.15) is 12.4 Å². The van der Waals surface area contributed by atoms with Crippen molar-refractivity contribution in [1.82, 2.24) is 5.43 Å². The molecule has 0 aliphatic heterocycles. The third-order valence-corrected chi connectivity index (χ3v) is 3.67. The number of para-hydroxylation sites is 1. The van der Waals surface area contributed by atoms with Gasteiger partial charge >= 0.3 is 0 Å². The molecule has 0 fully saturated rings. The maximum atomic E-state index is 5.78. The number of nitrogens with one attached hydrogen (secondary N) is 1. The Labute approximate surface area is 133 Å². The molecule has 2 aromatic carbocycles. The van der Waals surface area contributed by atoms with Gasteiger partial charge in [0, 0.05) is 17.1 Å². The van der Waals surface area contributed by atoms with E-state index in [0.29, 0.717) is 13.2 Å². The van der Waals surface area contributed by atoms with Crippen LogP contribution in [0.5, 0.6) is 5.75 Å². The Kier molecular flexibility index (Phi) is 6.20. The number of methoxy groups -OCH3 is 1. The molecule has 21 heavy (non-hydrogen) atoms. The van der Waals surface area contributed by atoms with Gasteiger partial charge in [-0.1, -0.05) is 46.3 Å². The van der Waals surface area contributed by atoms with E-state index in [-0.39, 0.29) is 6.04 Å². The summed E-state index contributed by atoms with van der Waals surface area (Å²) in [7, 11) is 1.65. The lowest BCUT2D eigenvalue weighted by Crippen LogP contribution is -2.29. The molecule has 0 aliphatic carbocycles. The maximum Gasteiger partial charge on any atom is 0.124 e. The number of nitrogens with two attached hydrogens (primary N) is 1. The van der Waals surface area contributed by atoms with Crippen LogP contribution in [0.4, 0.5) is 0 Å². The summed E-state index contributed by atoms with van der Waals surface area (Å²) in [6, 6.07) is 15.8. The van der Waals surface area contributed by atoms with Crippen LogP contribution in [-0.4, -0.2) is 20.3 Å². The Morgan fingerprint density at radius 2 is 1.81 bits per heavy atom. The second-order valence-electron chi connectivity index (χ2n) is 4.53. The molecular formula is C16H19BrN2O2. The third-order valence-electron chi connectivity index (χ3n) is 3.15. The second-order valence-corrected chi connectivity index (χ2v) is 5.45. The lowest BCUT2D eigenvalue weighted by atomic mass is 9.98. The molecule has 4 nitrogen and oxygen atoms in total. The van der Waals surface area contributed by atoms with Gasteiger partial charge < -0.3 is 9.47 Å². The minimum absolute atomic E-state index is 0.128. The Hall–Kier alpha value is -1.40. The fourth-order valence-corrected chi connectivity index (χ4v) is 2.37. The van der Waals surface area contributed by atoms with Gasteiger partial charge in [0.2, 0.25) is 0 Å². The van der Waals surface area contributed by atoms with Gasteiger partial charge in [-0.3, -0.25) is 5.84 Å². The minimum atomic E-state index is -0.128. The van der Waals surface area contributed by atoms with Gasteiger partial charge in [-0.15, -0.1) is 0 Å². The van der Waals surface area contributed by atoms with Crippen LogP contribution in [0.25, 0.3) is 0 Å². The van der Waals surface area contributed by atoms with Crippen LogP contribution in [-0.2, 0) is 4.74 Å². The summed E-state index contributed by atoms with van der Waals surface area (Å²) in [5, 5.41) is 0. The first kappa shape index (κ1) is 16.0. The van der Waals surface area contributed by atoms with Crippen LogP contribution in [0.1, 0.15) is 17.2 Å². The Balaban J connectivity index is 2.27. The van der Waals surface area contributed by atoms with Gasteiger partial charge in [0.05, 0.1) is 12.6 Å². The van der Waals surface area contributed by atoms with Crippen molar-refractivity contribution >= 4 is 15.9 Å². The van der Waals surface area contributed by atoms with Gasteiger partial charge in [-0.2, -0.15) is 0 Å². The summed E-state index contributed by atoms with van der Waals surface area (Å²) in [6.45, 7) is 1.05. The molecular weight excluding hydrogens is 332 g/mol. The molecule has 0 spiro atoms. The van der Waals surface area contributed by atoms with E-state index in [4.69, 9.17) is 15.3 Å². The van der Waals surface area contributed by atoms with Crippen molar-refractivity contribution < 1.29 is 9.47 Å². The van der Waals surface area contributed by atoms with Crippen molar-refractivity contribution in [3.63, 3.8) is 0 Å². The molecule has 3 N–H and O–H groups in total. The molecule has 0 saturated carbocycles. The molecule has 2 rings (SSSR count). The summed E-state index contributed by atoms with van der Waals surface area (Å²) < 4.78 is 11.8. The molecule has 1 unspecified atom stereocenters. The minimum Gasteiger partial charge on any atom is -0.491 e. The zero-order valence-corrected chi connectivity index (χ0v) is 13.5. The second kappa shape index (κ2) is 8.14. The van der Waals surface area contributed by atoms with Crippen molar-refractivity contribution in [1.29, 1.82) is 0 Å². The summed E-state index contributed by atoms with van der Waals surface area (Å²) in [5.41, 5.74) is 4.93. The average molecular weight is 351 g/mol. The quantitative estimate of drug-likeness (QED) is 0.457. The van der Waals surface area contributed by atoms with Crippen LogP contribution in [0.2, 0.25) is 0 Å². The van der Waals surface area contributed by atoms with Gasteiger partial charge in [-0.25, -0.2) is 5.43 Å². The number of benzene rings is 2. The topological polar surface area (TPSA) is 56.5 Å². The molecule has 0 aromatic heterocycles. The number of rotatable bonds is 7. The van der Waals surface area contributed by atoms with E-state index >= 15 is 0 Å². The first-order chi connectivity index (χ1) is 10.3. The van der Waals surface area contributed by atoms with Gasteiger partial charge in [-0.05, 0) is 23.8 Å². The highest BCUT2D eigenvalue weighted by molar-refractivity contribution is 9.10. The highest BCUT2D eigenvalue weighted by Crippen LogP contribution is 2.30. The molecule has 0 heterocycles. The van der Waals surface area contributed by atoms with Crippen molar-refractivity contribution in [2.45, 2.75) is 6.04 Å². The fourth-order valence-electron chi connectivity index (χ4n) is 2.11. The predicted molar refractivity (Wildman–Crippen MR) is 87.1 cm³/mol. The Morgan fingerprint density at radius 3 is 2.48 bits per heavy atom. The highest BCUT2D eigenvalue weighted by atomic mass is 79.9. The molecule has 112 valence electrons. The lowest BCUT2D eigenvalue weighted by Gasteiger charge is -2.20. The number of ether oxygens (including phenoxy) is 2. The lowest BCUT2D eigenvalue weighted by molar-refractivity contribution is 0.145. The van der Waals surface area contributed by atoms with Crippen LogP contribution >= 0.6 is 15.9 Å². The van der Waals surface area contributed by atoms with Crippen molar-refractivity contribution in [2.24, 2.45) is 5.84 Å². The summed E-state index contributed by atoms with van der Waals surface area (Å²) in [4.78, 5) is 0. The molecule has 5 heteroatoms. The van der Waals surface area contributed by atoms with E-state index in [1.54, 1.807) is 7.11 Å². The molecule has 1 atom stereocenters. The molecule has 0 saturated heterocycles. The van der Waals surface area contributed by atoms with Crippen LogP contribution in [0.15, 0.2) is 53.0 Å². The van der Waals surface area contributed by atoms with E-state index in [1.807, 2.05) is 48.5 Å². The van der Waals surface area contributed by atoms with Crippen molar-refractivity contribution in [2.75, 3.05) is 20.3 Å². The van der Waals surface area contributed by atoms with E-state index in [9.17, 15) is 0 Å². The van der Waals surface area contributed by atoms with Gasteiger partial charge in [0.25, 0.3) is 0 Å². The molecule has 0 amide bonds. The fraction of sp³-hybridized carbons (Fsp3) is 0.250. The third kappa shape index (κ3) is 4.28. The van der Waals surface area contributed by atoms with Crippen LogP contribution in [0, 0.1) is 0 Å². The first-order valence-electron chi connectivity index (χ1n) is 6.68. The number of halogens is 1. The van der Waals surface area contributed by atoms with E-state index in [0.717, 1.165) is 21.3 Å². The number of hydrazine groups is 1. The molecule has 0 bridgehead atoms. The van der Waals surface area contributed by atoms with Gasteiger partial charge in [0.15, 0.2) is 0 Å². The van der Waals surface area contributed by atoms with E-state index in [2.05, 4.69) is 21.4 Å². The van der Waals surface area contributed by atoms with Crippen LogP contribution in [0.3, 0.4) is 0 Å². The molecule has 0 radical (unpaired) electrons. The average Bonchev–Trinajstić information content (AvgIpc) is 2.51. The summed E-state index contributed by atoms with van der Waals surface area (Å²) in [6.07, 6.45) is 0. The Morgan fingerprint density at radius 1 is 1.10 bits per heavy atom. The van der Waals surface area contributed by atoms with Crippen molar-refractivity contribution in [3.05, 3.63) is 64.1 Å². The normalized spacial score (nSPS) is 12.1. The van der Waals surface area contributed by atoms with Crippen LogP contribution < -0.4 is 16.0 Å². The zero-order chi connectivity index (χ0) is 15.1.